The number of anilines is 2. The van der Waals surface area contributed by atoms with Crippen LogP contribution in [0.4, 0.5) is 11.4 Å². The van der Waals surface area contributed by atoms with E-state index in [1.54, 1.807) is 13.2 Å². The molecular formula is C22H25BrClN3O2. The van der Waals surface area contributed by atoms with Gasteiger partial charge in [0.25, 0.3) is 0 Å². The minimum Gasteiger partial charge on any atom is -0.496 e. The molecule has 1 heterocycles. The van der Waals surface area contributed by atoms with Gasteiger partial charge in [-0.25, -0.2) is 0 Å². The lowest BCUT2D eigenvalue weighted by Gasteiger charge is -2.36. The summed E-state index contributed by atoms with van der Waals surface area (Å²) in [6.07, 6.45) is 3.24. The molecule has 5 nitrogen and oxygen atoms in total. The van der Waals surface area contributed by atoms with Crippen molar-refractivity contribution in [3.8, 4) is 5.75 Å². The number of para-hydroxylation sites is 1. The monoisotopic (exact) mass is 477 g/mol. The normalized spacial score (nSPS) is 15.0. The Morgan fingerprint density at radius 1 is 1.24 bits per heavy atom. The van der Waals surface area contributed by atoms with Gasteiger partial charge in [0, 0.05) is 42.3 Å². The Labute approximate surface area is 185 Å². The Kier molecular flexibility index (Phi) is 7.58. The fourth-order valence-corrected chi connectivity index (χ4v) is 4.07. The number of rotatable bonds is 6. The van der Waals surface area contributed by atoms with Crippen LogP contribution in [0.2, 0.25) is 5.02 Å². The number of methoxy groups -OCH3 is 1. The number of nitrogens with one attached hydrogen (secondary N) is 1. The lowest BCUT2D eigenvalue weighted by molar-refractivity contribution is -0.111. The van der Waals surface area contributed by atoms with Gasteiger partial charge in [-0.1, -0.05) is 40.5 Å². The summed E-state index contributed by atoms with van der Waals surface area (Å²) in [5, 5.41) is 3.62. The van der Waals surface area contributed by atoms with Crippen LogP contribution in [0.15, 0.2) is 46.9 Å². The first-order valence-corrected chi connectivity index (χ1v) is 10.8. The third kappa shape index (κ3) is 5.53. The zero-order chi connectivity index (χ0) is 20.8. The first-order chi connectivity index (χ1) is 14.0. The van der Waals surface area contributed by atoms with Gasteiger partial charge in [-0.05, 0) is 43.0 Å². The van der Waals surface area contributed by atoms with Crippen LogP contribution in [-0.4, -0.2) is 50.6 Å². The molecule has 0 spiro atoms. The zero-order valence-corrected chi connectivity index (χ0v) is 19.0. The second-order valence-corrected chi connectivity index (χ2v) is 8.09. The maximum absolute atomic E-state index is 12.6. The second-order valence-electron chi connectivity index (χ2n) is 6.77. The molecule has 1 aliphatic rings. The average Bonchev–Trinajstić information content (AvgIpc) is 2.73. The van der Waals surface area contributed by atoms with Crippen molar-refractivity contribution in [2.24, 2.45) is 0 Å². The van der Waals surface area contributed by atoms with E-state index in [9.17, 15) is 4.79 Å². The molecule has 3 rings (SSSR count). The van der Waals surface area contributed by atoms with E-state index >= 15 is 0 Å². The molecule has 0 bridgehead atoms. The van der Waals surface area contributed by atoms with Gasteiger partial charge in [0.05, 0.1) is 23.5 Å². The number of hydrogen-bond acceptors (Lipinski definition) is 4. The molecule has 0 atom stereocenters. The van der Waals surface area contributed by atoms with Crippen LogP contribution >= 0.6 is 27.5 Å². The standard InChI is InChI=1S/C22H25BrClN3O2/c1-3-26-11-13-27(14-12-26)22-18(24)5-4-6-19(22)25-21(28)10-7-16-15-17(23)8-9-20(16)29-2/h4-10,15H,3,11-14H2,1-2H3,(H,25,28). The van der Waals surface area contributed by atoms with Crippen LogP contribution in [0.5, 0.6) is 5.75 Å². The molecule has 1 aliphatic heterocycles. The smallest absolute Gasteiger partial charge is 0.248 e. The molecule has 0 aliphatic carbocycles. The highest BCUT2D eigenvalue weighted by Crippen LogP contribution is 2.34. The molecule has 1 amide bonds. The van der Waals surface area contributed by atoms with Crippen molar-refractivity contribution in [2.45, 2.75) is 6.92 Å². The van der Waals surface area contributed by atoms with Crippen LogP contribution in [0.3, 0.4) is 0 Å². The third-order valence-electron chi connectivity index (χ3n) is 4.99. The van der Waals surface area contributed by atoms with Crippen LogP contribution in [0.25, 0.3) is 6.08 Å². The molecule has 1 N–H and O–H groups in total. The number of hydrogen-bond donors (Lipinski definition) is 1. The van der Waals surface area contributed by atoms with Crippen molar-refractivity contribution in [3.05, 3.63) is 57.5 Å². The average molecular weight is 479 g/mol. The predicted molar refractivity (Wildman–Crippen MR) is 124 cm³/mol. The van der Waals surface area contributed by atoms with Crippen LogP contribution in [0, 0.1) is 0 Å². The van der Waals surface area contributed by atoms with E-state index in [1.807, 2.05) is 36.4 Å². The summed E-state index contributed by atoms with van der Waals surface area (Å²) in [5.41, 5.74) is 2.42. The molecular weight excluding hydrogens is 454 g/mol. The van der Waals surface area contributed by atoms with Gasteiger partial charge in [-0.3, -0.25) is 4.79 Å². The summed E-state index contributed by atoms with van der Waals surface area (Å²) in [6.45, 7) is 6.94. The number of likely N-dealkylation sites (N-methyl/N-ethyl adjacent to an activating group) is 1. The van der Waals surface area contributed by atoms with E-state index in [2.05, 4.69) is 38.0 Å². The number of carbonyl (C=O) groups is 1. The first kappa shape index (κ1) is 21.7. The summed E-state index contributed by atoms with van der Waals surface area (Å²) in [4.78, 5) is 17.2. The summed E-state index contributed by atoms with van der Waals surface area (Å²) < 4.78 is 6.27. The lowest BCUT2D eigenvalue weighted by atomic mass is 10.2. The summed E-state index contributed by atoms with van der Waals surface area (Å²) in [7, 11) is 1.61. The summed E-state index contributed by atoms with van der Waals surface area (Å²) in [5.74, 6) is 0.484. The predicted octanol–water partition coefficient (Wildman–Crippen LogP) is 4.90. The van der Waals surface area contributed by atoms with E-state index in [0.717, 1.165) is 54.1 Å². The van der Waals surface area contributed by atoms with Crippen molar-refractivity contribution < 1.29 is 9.53 Å². The van der Waals surface area contributed by atoms with Crippen molar-refractivity contribution in [1.29, 1.82) is 0 Å². The summed E-state index contributed by atoms with van der Waals surface area (Å²) >= 11 is 9.94. The molecule has 1 fully saturated rings. The SMILES string of the molecule is CCN1CCN(c2c(Cl)cccc2NC(=O)C=Cc2cc(Br)ccc2OC)CC1. The number of halogens is 2. The van der Waals surface area contributed by atoms with Gasteiger partial charge in [0.1, 0.15) is 5.75 Å². The molecule has 2 aromatic rings. The fraction of sp³-hybridized carbons (Fsp3) is 0.318. The van der Waals surface area contributed by atoms with E-state index in [1.165, 1.54) is 6.08 Å². The zero-order valence-electron chi connectivity index (χ0n) is 16.6. The molecule has 1 saturated heterocycles. The van der Waals surface area contributed by atoms with E-state index in [-0.39, 0.29) is 5.91 Å². The maximum atomic E-state index is 12.6. The third-order valence-corrected chi connectivity index (χ3v) is 5.78. The Hall–Kier alpha value is -2.02. The minimum atomic E-state index is -0.220. The van der Waals surface area contributed by atoms with E-state index in [0.29, 0.717) is 10.8 Å². The number of carbonyl (C=O) groups excluding carboxylic acids is 1. The molecule has 0 saturated carbocycles. The topological polar surface area (TPSA) is 44.8 Å². The van der Waals surface area contributed by atoms with E-state index < -0.39 is 0 Å². The Bertz CT molecular complexity index is 896. The maximum Gasteiger partial charge on any atom is 0.248 e. The number of amides is 1. The Morgan fingerprint density at radius 2 is 2.00 bits per heavy atom. The van der Waals surface area contributed by atoms with Crippen molar-refractivity contribution in [1.82, 2.24) is 4.90 Å². The molecule has 154 valence electrons. The van der Waals surface area contributed by atoms with Gasteiger partial charge in [-0.15, -0.1) is 0 Å². The lowest BCUT2D eigenvalue weighted by Crippen LogP contribution is -2.46. The molecule has 2 aromatic carbocycles. The fourth-order valence-electron chi connectivity index (χ4n) is 3.40. The van der Waals surface area contributed by atoms with Gasteiger partial charge in [-0.2, -0.15) is 0 Å². The Morgan fingerprint density at radius 3 is 2.69 bits per heavy atom. The largest absolute Gasteiger partial charge is 0.496 e. The highest BCUT2D eigenvalue weighted by atomic mass is 79.9. The number of ether oxygens (including phenoxy) is 1. The van der Waals surface area contributed by atoms with Gasteiger partial charge in [0.2, 0.25) is 5.91 Å². The first-order valence-electron chi connectivity index (χ1n) is 9.60. The number of piperazine rings is 1. The minimum absolute atomic E-state index is 0.220. The quantitative estimate of drug-likeness (QED) is 0.600. The second kappa shape index (κ2) is 10.1. The highest BCUT2D eigenvalue weighted by Gasteiger charge is 2.21. The van der Waals surface area contributed by atoms with Crippen LogP contribution in [0.1, 0.15) is 12.5 Å². The molecule has 0 unspecified atom stereocenters. The van der Waals surface area contributed by atoms with Crippen molar-refractivity contribution in [2.75, 3.05) is 50.1 Å². The Balaban J connectivity index is 1.76. The number of nitrogens with zero attached hydrogens (tertiary/aromatic N) is 2. The molecule has 7 heteroatoms. The highest BCUT2D eigenvalue weighted by molar-refractivity contribution is 9.10. The molecule has 29 heavy (non-hydrogen) atoms. The van der Waals surface area contributed by atoms with Gasteiger partial charge in [0.15, 0.2) is 0 Å². The molecule has 0 radical (unpaired) electrons. The molecule has 0 aromatic heterocycles. The summed E-state index contributed by atoms with van der Waals surface area (Å²) in [6, 6.07) is 11.3. The van der Waals surface area contributed by atoms with Gasteiger partial charge >= 0.3 is 0 Å². The van der Waals surface area contributed by atoms with Crippen LogP contribution in [-0.2, 0) is 4.79 Å². The van der Waals surface area contributed by atoms with Crippen molar-refractivity contribution in [3.63, 3.8) is 0 Å². The number of benzene rings is 2. The van der Waals surface area contributed by atoms with E-state index in [4.69, 9.17) is 16.3 Å². The van der Waals surface area contributed by atoms with Gasteiger partial charge < -0.3 is 19.9 Å². The van der Waals surface area contributed by atoms with Crippen molar-refractivity contribution >= 4 is 50.9 Å². The van der Waals surface area contributed by atoms with Crippen LogP contribution < -0.4 is 15.0 Å².